The van der Waals surface area contributed by atoms with E-state index in [9.17, 15) is 22.0 Å². The van der Waals surface area contributed by atoms with E-state index >= 15 is 0 Å². The van der Waals surface area contributed by atoms with Crippen molar-refractivity contribution in [2.45, 2.75) is 57.5 Å². The van der Waals surface area contributed by atoms with E-state index in [0.717, 1.165) is 43.2 Å². The highest BCUT2D eigenvalue weighted by molar-refractivity contribution is 5.65. The molecule has 2 aromatic rings. The fourth-order valence-electron chi connectivity index (χ4n) is 4.22. The lowest BCUT2D eigenvalue weighted by molar-refractivity contribution is -0.0696. The molecular formula is C26H25F5. The van der Waals surface area contributed by atoms with Gasteiger partial charge in [-0.15, -0.1) is 0 Å². The molecule has 0 radical (unpaired) electrons. The Bertz CT molecular complexity index is 943. The number of hydrogen-bond donors (Lipinski definition) is 0. The van der Waals surface area contributed by atoms with Crippen LogP contribution in [0.25, 0.3) is 11.1 Å². The first-order valence-corrected chi connectivity index (χ1v) is 10.6. The molecule has 0 aliphatic heterocycles. The first-order valence-electron chi connectivity index (χ1n) is 10.6. The molecule has 0 N–H and O–H groups in total. The standard InChI is InChI=1S/C26H25F5/c1-2-3-4-5-18-6-8-19(9-7-18)20-10-12-21(13-11-20)22-16-24(27)23(25(28)17-22)14-15-26(29,30)31/h2-3,10-13,16-19H,4-9H2,1H3/b3-2+. The normalized spacial score (nSPS) is 19.3. The third-order valence-electron chi connectivity index (χ3n) is 5.91. The molecular weight excluding hydrogens is 407 g/mol. The molecule has 1 aliphatic carbocycles. The summed E-state index contributed by atoms with van der Waals surface area (Å²) >= 11 is 0. The Morgan fingerprint density at radius 1 is 0.935 bits per heavy atom. The minimum absolute atomic E-state index is 0.270. The predicted molar refractivity (Wildman–Crippen MR) is 113 cm³/mol. The maximum Gasteiger partial charge on any atom is 0.458 e. The molecule has 164 valence electrons. The average Bonchev–Trinajstić information content (AvgIpc) is 2.73. The second-order valence-electron chi connectivity index (χ2n) is 8.05. The zero-order chi connectivity index (χ0) is 22.4. The van der Waals surface area contributed by atoms with Crippen LogP contribution in [-0.2, 0) is 0 Å². The summed E-state index contributed by atoms with van der Waals surface area (Å²) in [5.74, 6) is 1.50. The van der Waals surface area contributed by atoms with Crippen molar-refractivity contribution in [2.75, 3.05) is 0 Å². The Hall–Kier alpha value is -2.61. The van der Waals surface area contributed by atoms with Crippen molar-refractivity contribution in [1.29, 1.82) is 0 Å². The van der Waals surface area contributed by atoms with Gasteiger partial charge in [-0.1, -0.05) is 42.3 Å². The monoisotopic (exact) mass is 432 g/mol. The van der Waals surface area contributed by atoms with Crippen LogP contribution >= 0.6 is 0 Å². The topological polar surface area (TPSA) is 0 Å². The lowest BCUT2D eigenvalue weighted by Crippen LogP contribution is -2.13. The molecule has 3 rings (SSSR count). The maximum atomic E-state index is 14.2. The Morgan fingerprint density at radius 2 is 1.55 bits per heavy atom. The molecule has 0 bridgehead atoms. The summed E-state index contributed by atoms with van der Waals surface area (Å²) in [6.45, 7) is 2.04. The molecule has 31 heavy (non-hydrogen) atoms. The number of halogens is 5. The summed E-state index contributed by atoms with van der Waals surface area (Å²) in [5, 5.41) is 0. The molecule has 0 aromatic heterocycles. The van der Waals surface area contributed by atoms with Gasteiger partial charge in [-0.05, 0) is 86.1 Å². The summed E-state index contributed by atoms with van der Waals surface area (Å²) < 4.78 is 65.0. The summed E-state index contributed by atoms with van der Waals surface area (Å²) in [6, 6.07) is 9.62. The van der Waals surface area contributed by atoms with E-state index in [4.69, 9.17) is 0 Å². The van der Waals surface area contributed by atoms with Gasteiger partial charge in [0.1, 0.15) is 11.6 Å². The molecule has 0 amide bonds. The van der Waals surface area contributed by atoms with Crippen LogP contribution < -0.4 is 0 Å². The fourth-order valence-corrected chi connectivity index (χ4v) is 4.22. The predicted octanol–water partition coefficient (Wildman–Crippen LogP) is 8.18. The smallest absolute Gasteiger partial charge is 0.205 e. The molecule has 0 spiro atoms. The third kappa shape index (κ3) is 6.43. The highest BCUT2D eigenvalue weighted by Crippen LogP contribution is 2.38. The summed E-state index contributed by atoms with van der Waals surface area (Å²) in [4.78, 5) is 0. The highest BCUT2D eigenvalue weighted by atomic mass is 19.4. The molecule has 2 aromatic carbocycles. The third-order valence-corrected chi connectivity index (χ3v) is 5.91. The van der Waals surface area contributed by atoms with Crippen LogP contribution in [0.2, 0.25) is 0 Å². The molecule has 1 fully saturated rings. The second-order valence-corrected chi connectivity index (χ2v) is 8.05. The van der Waals surface area contributed by atoms with E-state index in [0.29, 0.717) is 11.5 Å². The van der Waals surface area contributed by atoms with E-state index < -0.39 is 23.4 Å². The van der Waals surface area contributed by atoms with Crippen molar-refractivity contribution in [3.63, 3.8) is 0 Å². The van der Waals surface area contributed by atoms with E-state index in [1.54, 1.807) is 5.92 Å². The van der Waals surface area contributed by atoms with Gasteiger partial charge in [0.15, 0.2) is 0 Å². The lowest BCUT2D eigenvalue weighted by Gasteiger charge is -2.28. The maximum absolute atomic E-state index is 14.2. The van der Waals surface area contributed by atoms with Gasteiger partial charge in [0.05, 0.1) is 5.56 Å². The highest BCUT2D eigenvalue weighted by Gasteiger charge is 2.24. The number of allylic oxidation sites excluding steroid dienone is 2. The van der Waals surface area contributed by atoms with Crippen LogP contribution in [0.5, 0.6) is 0 Å². The summed E-state index contributed by atoms with van der Waals surface area (Å²) in [6.07, 6.45) is 6.55. The number of rotatable bonds is 5. The van der Waals surface area contributed by atoms with Crippen molar-refractivity contribution < 1.29 is 22.0 Å². The molecule has 1 saturated carbocycles. The number of alkyl halides is 3. The SMILES string of the molecule is C/C=C/CCC1CCC(c2ccc(-c3cc(F)c(C#CC(F)(F)F)c(F)c3)cc2)CC1. The minimum Gasteiger partial charge on any atom is -0.205 e. The van der Waals surface area contributed by atoms with Crippen LogP contribution in [-0.4, -0.2) is 6.18 Å². The van der Waals surface area contributed by atoms with Gasteiger partial charge in [-0.25, -0.2) is 8.78 Å². The van der Waals surface area contributed by atoms with Crippen LogP contribution in [0.3, 0.4) is 0 Å². The largest absolute Gasteiger partial charge is 0.458 e. The van der Waals surface area contributed by atoms with Gasteiger partial charge in [0, 0.05) is 5.92 Å². The summed E-state index contributed by atoms with van der Waals surface area (Å²) in [7, 11) is 0. The van der Waals surface area contributed by atoms with Gasteiger partial charge >= 0.3 is 6.18 Å². The van der Waals surface area contributed by atoms with E-state index in [-0.39, 0.29) is 5.56 Å². The first kappa shape index (κ1) is 23.1. The molecule has 0 unspecified atom stereocenters. The van der Waals surface area contributed by atoms with Crippen LogP contribution in [0.4, 0.5) is 22.0 Å². The van der Waals surface area contributed by atoms with E-state index in [1.165, 1.54) is 24.8 Å². The van der Waals surface area contributed by atoms with Gasteiger partial charge < -0.3 is 0 Å². The summed E-state index contributed by atoms with van der Waals surface area (Å²) in [5.41, 5.74) is 1.22. The Balaban J connectivity index is 1.68. The van der Waals surface area contributed by atoms with Crippen molar-refractivity contribution in [1.82, 2.24) is 0 Å². The molecule has 0 atom stereocenters. The first-order chi connectivity index (χ1) is 14.8. The van der Waals surface area contributed by atoms with Gasteiger partial charge in [0.2, 0.25) is 0 Å². The fraction of sp³-hybridized carbons (Fsp3) is 0.385. The van der Waals surface area contributed by atoms with Crippen molar-refractivity contribution in [2.24, 2.45) is 5.92 Å². The van der Waals surface area contributed by atoms with Crippen LogP contribution in [0, 0.1) is 29.4 Å². The quantitative estimate of drug-likeness (QED) is 0.254. The van der Waals surface area contributed by atoms with Crippen molar-refractivity contribution >= 4 is 0 Å². The number of benzene rings is 2. The minimum atomic E-state index is -4.81. The van der Waals surface area contributed by atoms with E-state index in [1.807, 2.05) is 31.2 Å². The molecule has 0 heterocycles. The molecule has 5 heteroatoms. The molecule has 0 saturated heterocycles. The number of hydrogen-bond acceptors (Lipinski definition) is 0. The van der Waals surface area contributed by atoms with Gasteiger partial charge in [-0.3, -0.25) is 0 Å². The zero-order valence-electron chi connectivity index (χ0n) is 17.4. The molecule has 0 nitrogen and oxygen atoms in total. The van der Waals surface area contributed by atoms with E-state index in [2.05, 4.69) is 12.2 Å². The lowest BCUT2D eigenvalue weighted by atomic mass is 9.77. The van der Waals surface area contributed by atoms with Crippen LogP contribution in [0.1, 0.15) is 62.5 Å². The Kier molecular flexibility index (Phi) is 7.54. The van der Waals surface area contributed by atoms with Gasteiger partial charge in [-0.2, -0.15) is 13.2 Å². The van der Waals surface area contributed by atoms with Gasteiger partial charge in [0.25, 0.3) is 0 Å². The Morgan fingerprint density at radius 3 is 2.10 bits per heavy atom. The van der Waals surface area contributed by atoms with Crippen molar-refractivity contribution in [3.05, 3.63) is 71.3 Å². The average molecular weight is 432 g/mol. The molecule has 1 aliphatic rings. The second kappa shape index (κ2) is 10.1. The Labute approximate surface area is 180 Å². The van der Waals surface area contributed by atoms with Crippen molar-refractivity contribution in [3.8, 4) is 23.0 Å². The van der Waals surface area contributed by atoms with Crippen LogP contribution in [0.15, 0.2) is 48.6 Å². The zero-order valence-corrected chi connectivity index (χ0v) is 17.4.